The van der Waals surface area contributed by atoms with Gasteiger partial charge in [0.25, 0.3) is 0 Å². The largest absolute Gasteiger partial charge is 0.379 e. The Bertz CT molecular complexity index is 479. The van der Waals surface area contributed by atoms with Crippen LogP contribution in [-0.2, 0) is 4.74 Å². The third-order valence-corrected chi connectivity index (χ3v) is 3.93. The molecule has 2 unspecified atom stereocenters. The maximum absolute atomic E-state index is 10.5. The monoisotopic (exact) mass is 278 g/mol. The van der Waals surface area contributed by atoms with E-state index in [1.54, 1.807) is 6.07 Å². The maximum Gasteiger partial charge on any atom is 0.363 e. The molecular formula is C13H18N4O3. The third kappa shape index (κ3) is 2.88. The second-order valence-electron chi connectivity index (χ2n) is 5.29. The molecule has 0 aromatic carbocycles. The van der Waals surface area contributed by atoms with Crippen molar-refractivity contribution in [3.05, 3.63) is 28.4 Å². The van der Waals surface area contributed by atoms with Gasteiger partial charge in [-0.2, -0.15) is 0 Å². The van der Waals surface area contributed by atoms with Gasteiger partial charge in [0.15, 0.2) is 6.20 Å². The number of hydrogen-bond donors (Lipinski definition) is 1. The predicted molar refractivity (Wildman–Crippen MR) is 73.7 cm³/mol. The molecule has 20 heavy (non-hydrogen) atoms. The second-order valence-corrected chi connectivity index (χ2v) is 5.29. The van der Waals surface area contributed by atoms with Gasteiger partial charge in [0.05, 0.1) is 18.4 Å². The van der Waals surface area contributed by atoms with Gasteiger partial charge >= 0.3 is 5.82 Å². The number of hydrogen-bond acceptors (Lipinski definition) is 6. The average molecular weight is 278 g/mol. The molecule has 2 saturated heterocycles. The molecule has 3 rings (SSSR count). The van der Waals surface area contributed by atoms with Gasteiger partial charge in [0.2, 0.25) is 0 Å². The van der Waals surface area contributed by atoms with E-state index in [1.807, 2.05) is 0 Å². The highest BCUT2D eigenvalue weighted by molar-refractivity contribution is 5.43. The van der Waals surface area contributed by atoms with Crippen LogP contribution in [0, 0.1) is 10.1 Å². The second kappa shape index (κ2) is 5.72. The Morgan fingerprint density at radius 2 is 2.45 bits per heavy atom. The number of morpholine rings is 1. The molecular weight excluding hydrogens is 260 g/mol. The van der Waals surface area contributed by atoms with Gasteiger partial charge in [-0.05, 0) is 35.4 Å². The summed E-state index contributed by atoms with van der Waals surface area (Å²) in [4.78, 5) is 16.3. The lowest BCUT2D eigenvalue weighted by atomic mass is 10.2. The Labute approximate surface area is 117 Å². The van der Waals surface area contributed by atoms with Crippen molar-refractivity contribution in [3.63, 3.8) is 0 Å². The molecule has 1 aromatic rings. The Morgan fingerprint density at radius 3 is 3.20 bits per heavy atom. The number of pyridine rings is 1. The van der Waals surface area contributed by atoms with E-state index in [2.05, 4.69) is 15.2 Å². The van der Waals surface area contributed by atoms with E-state index >= 15 is 0 Å². The summed E-state index contributed by atoms with van der Waals surface area (Å²) in [6, 6.07) is 3.68. The number of nitrogens with one attached hydrogen (secondary N) is 1. The van der Waals surface area contributed by atoms with Gasteiger partial charge < -0.3 is 20.2 Å². The van der Waals surface area contributed by atoms with Crippen molar-refractivity contribution < 1.29 is 9.66 Å². The normalized spacial score (nSPS) is 26.2. The first-order valence-corrected chi connectivity index (χ1v) is 6.92. The summed E-state index contributed by atoms with van der Waals surface area (Å²) in [5.41, 5.74) is 0.780. The SMILES string of the molecule is O=[N+]([O-])c1ccc(NCC2CN3CCCC3CO2)cn1. The van der Waals surface area contributed by atoms with E-state index in [0.29, 0.717) is 12.6 Å². The van der Waals surface area contributed by atoms with Gasteiger partial charge in [-0.25, -0.2) is 0 Å². The van der Waals surface area contributed by atoms with Gasteiger partial charge in [-0.15, -0.1) is 0 Å². The van der Waals surface area contributed by atoms with Crippen LogP contribution < -0.4 is 5.32 Å². The van der Waals surface area contributed by atoms with E-state index in [-0.39, 0.29) is 11.9 Å². The van der Waals surface area contributed by atoms with Gasteiger partial charge in [-0.1, -0.05) is 0 Å². The van der Waals surface area contributed by atoms with Crippen LogP contribution >= 0.6 is 0 Å². The molecule has 0 aliphatic carbocycles. The minimum absolute atomic E-state index is 0.135. The van der Waals surface area contributed by atoms with Crippen LogP contribution in [0.5, 0.6) is 0 Å². The molecule has 0 spiro atoms. The Balaban J connectivity index is 1.50. The van der Waals surface area contributed by atoms with E-state index in [9.17, 15) is 10.1 Å². The smallest absolute Gasteiger partial charge is 0.363 e. The molecule has 3 heterocycles. The molecule has 7 heteroatoms. The first-order valence-electron chi connectivity index (χ1n) is 6.92. The summed E-state index contributed by atoms with van der Waals surface area (Å²) in [5.74, 6) is -0.135. The summed E-state index contributed by atoms with van der Waals surface area (Å²) >= 11 is 0. The van der Waals surface area contributed by atoms with Gasteiger partial charge in [0.1, 0.15) is 0 Å². The lowest BCUT2D eigenvalue weighted by molar-refractivity contribution is -0.389. The number of nitrogens with zero attached hydrogens (tertiary/aromatic N) is 3. The Hall–Kier alpha value is -1.73. The maximum atomic E-state index is 10.5. The molecule has 2 fully saturated rings. The summed E-state index contributed by atoms with van der Waals surface area (Å²) < 4.78 is 5.84. The van der Waals surface area contributed by atoms with E-state index in [0.717, 1.165) is 18.8 Å². The highest BCUT2D eigenvalue weighted by Gasteiger charge is 2.31. The lowest BCUT2D eigenvalue weighted by Crippen LogP contribution is -2.48. The summed E-state index contributed by atoms with van der Waals surface area (Å²) in [6.07, 6.45) is 4.16. The number of nitro groups is 1. The van der Waals surface area contributed by atoms with Crippen LogP contribution in [0.25, 0.3) is 0 Å². The zero-order valence-electron chi connectivity index (χ0n) is 11.2. The summed E-state index contributed by atoms with van der Waals surface area (Å²) in [7, 11) is 0. The third-order valence-electron chi connectivity index (χ3n) is 3.93. The number of rotatable bonds is 4. The van der Waals surface area contributed by atoms with Crippen molar-refractivity contribution in [1.29, 1.82) is 0 Å². The van der Waals surface area contributed by atoms with E-state index < -0.39 is 4.92 Å². The lowest BCUT2D eigenvalue weighted by Gasteiger charge is -2.35. The molecule has 7 nitrogen and oxygen atoms in total. The molecule has 0 bridgehead atoms. The first-order chi connectivity index (χ1) is 9.72. The minimum Gasteiger partial charge on any atom is -0.379 e. The van der Waals surface area contributed by atoms with Crippen molar-refractivity contribution in [3.8, 4) is 0 Å². The molecule has 0 saturated carbocycles. The predicted octanol–water partition coefficient (Wildman–Crippen LogP) is 1.26. The van der Waals surface area contributed by atoms with Crippen LogP contribution in [0.4, 0.5) is 11.5 Å². The standard InChI is InChI=1S/C13H18N4O3/c18-17(19)13-4-3-10(6-15-13)14-7-12-8-16-5-1-2-11(16)9-20-12/h3-4,6,11-12,14H,1-2,5,7-9H2. The van der Waals surface area contributed by atoms with Crippen LogP contribution in [0.1, 0.15) is 12.8 Å². The van der Waals surface area contributed by atoms with Crippen LogP contribution in [-0.4, -0.2) is 53.2 Å². The molecule has 1 aromatic heterocycles. The number of ether oxygens (including phenoxy) is 1. The Kier molecular flexibility index (Phi) is 3.79. The summed E-state index contributed by atoms with van der Waals surface area (Å²) in [6.45, 7) is 3.63. The molecule has 0 radical (unpaired) electrons. The minimum atomic E-state index is -0.498. The molecule has 2 aliphatic rings. The van der Waals surface area contributed by atoms with E-state index in [1.165, 1.54) is 31.6 Å². The average Bonchev–Trinajstić information content (AvgIpc) is 2.93. The van der Waals surface area contributed by atoms with Crippen molar-refractivity contribution in [1.82, 2.24) is 9.88 Å². The zero-order valence-corrected chi connectivity index (χ0v) is 11.2. The van der Waals surface area contributed by atoms with Gasteiger partial charge in [-0.3, -0.25) is 4.90 Å². The zero-order chi connectivity index (χ0) is 13.9. The van der Waals surface area contributed by atoms with Crippen LogP contribution in [0.3, 0.4) is 0 Å². The molecule has 0 amide bonds. The fourth-order valence-electron chi connectivity index (χ4n) is 2.84. The highest BCUT2D eigenvalue weighted by Crippen LogP contribution is 2.22. The van der Waals surface area contributed by atoms with Crippen molar-refractivity contribution in [2.75, 3.05) is 31.6 Å². The van der Waals surface area contributed by atoms with Crippen molar-refractivity contribution in [2.24, 2.45) is 0 Å². The fraction of sp³-hybridized carbons (Fsp3) is 0.615. The number of fused-ring (bicyclic) bond motifs is 1. The van der Waals surface area contributed by atoms with Gasteiger partial charge in [0, 0.05) is 25.2 Å². The highest BCUT2D eigenvalue weighted by atomic mass is 16.6. The topological polar surface area (TPSA) is 80.5 Å². The fourth-order valence-corrected chi connectivity index (χ4v) is 2.84. The number of anilines is 1. The quantitative estimate of drug-likeness (QED) is 0.660. The molecule has 2 aliphatic heterocycles. The molecule has 2 atom stereocenters. The Morgan fingerprint density at radius 1 is 1.55 bits per heavy atom. The number of aromatic nitrogens is 1. The first kappa shape index (κ1) is 13.3. The molecule has 108 valence electrons. The van der Waals surface area contributed by atoms with E-state index in [4.69, 9.17) is 4.74 Å². The summed E-state index contributed by atoms with van der Waals surface area (Å²) in [5, 5.41) is 13.7. The van der Waals surface area contributed by atoms with Crippen LogP contribution in [0.2, 0.25) is 0 Å². The molecule has 1 N–H and O–H groups in total. The van der Waals surface area contributed by atoms with Crippen molar-refractivity contribution >= 4 is 11.5 Å². The van der Waals surface area contributed by atoms with Crippen molar-refractivity contribution in [2.45, 2.75) is 25.0 Å². The van der Waals surface area contributed by atoms with Crippen LogP contribution in [0.15, 0.2) is 18.3 Å².